The van der Waals surface area contributed by atoms with Crippen molar-refractivity contribution in [2.75, 3.05) is 37.7 Å². The number of hydrogen-bond acceptors (Lipinski definition) is 14. The molecule has 0 unspecified atom stereocenters. The molecule has 2 fully saturated rings. The van der Waals surface area contributed by atoms with Crippen LogP contribution in [0.4, 0.5) is 26.3 Å². The molecule has 0 spiro atoms. The highest BCUT2D eigenvalue weighted by molar-refractivity contribution is 8.00. The Morgan fingerprint density at radius 3 is 1.14 bits per heavy atom. The number of amides is 4. The van der Waals surface area contributed by atoms with Crippen LogP contribution in [-0.2, 0) is 28.8 Å². The van der Waals surface area contributed by atoms with Crippen molar-refractivity contribution in [1.82, 2.24) is 31.9 Å². The first-order valence-electron chi connectivity index (χ1n) is 21.3. The highest BCUT2D eigenvalue weighted by Gasteiger charge is 2.41. The summed E-state index contributed by atoms with van der Waals surface area (Å²) < 4.78 is 63.5. The Kier molecular flexibility index (Phi) is 25.5. The zero-order valence-corrected chi connectivity index (χ0v) is 37.1. The molecular weight excluding hydrogens is 903 g/mol. The maximum atomic E-state index is 12.1. The number of nitrogens with one attached hydrogen (secondary N) is 6. The number of carbonyl (C=O) groups excluding carboxylic acids is 4. The summed E-state index contributed by atoms with van der Waals surface area (Å²) in [5, 5.41) is 33.4. The van der Waals surface area contributed by atoms with Gasteiger partial charge in [0.2, 0.25) is 23.6 Å². The molecule has 26 heteroatoms. The third kappa shape index (κ3) is 23.5. The van der Waals surface area contributed by atoms with Crippen LogP contribution in [0.3, 0.4) is 0 Å². The summed E-state index contributed by atoms with van der Waals surface area (Å²) in [7, 11) is 0. The van der Waals surface area contributed by atoms with Crippen molar-refractivity contribution in [3.8, 4) is 0 Å². The third-order valence-electron chi connectivity index (χ3n) is 10.2. The van der Waals surface area contributed by atoms with E-state index in [4.69, 9.17) is 31.3 Å². The average Bonchev–Trinajstić information content (AvgIpc) is 3.98. The zero-order chi connectivity index (χ0) is 47.7. The molecule has 0 bridgehead atoms. The molecule has 0 aromatic heterocycles. The molecule has 2 saturated heterocycles. The van der Waals surface area contributed by atoms with Crippen LogP contribution in [0.15, 0.2) is 9.98 Å². The number of aliphatic imine (C=N–C) groups is 2. The minimum Gasteiger partial charge on any atom is -0.475 e. The number of carboxylic acids is 2. The van der Waals surface area contributed by atoms with Crippen molar-refractivity contribution in [2.24, 2.45) is 21.5 Å². The van der Waals surface area contributed by atoms with Crippen molar-refractivity contribution in [2.45, 2.75) is 150 Å². The van der Waals surface area contributed by atoms with Gasteiger partial charge in [-0.25, -0.2) is 19.6 Å². The zero-order valence-electron chi connectivity index (χ0n) is 35.5. The lowest BCUT2D eigenvalue weighted by Gasteiger charge is -2.14. The number of carbonyl (C=O) groups is 6. The minimum atomic E-state index is -5.08. The molecule has 12 N–H and O–H groups in total. The average molecular weight is 965 g/mol. The Morgan fingerprint density at radius 1 is 0.531 bits per heavy atom. The Labute approximate surface area is 376 Å². The van der Waals surface area contributed by atoms with Crippen LogP contribution in [-0.4, -0.2) is 142 Å². The Morgan fingerprint density at radius 2 is 0.828 bits per heavy atom. The lowest BCUT2D eigenvalue weighted by atomic mass is 10.0. The van der Waals surface area contributed by atoms with E-state index in [9.17, 15) is 45.5 Å². The highest BCUT2D eigenvalue weighted by atomic mass is 32.2. The number of halogens is 6. The predicted octanol–water partition coefficient (Wildman–Crippen LogP) is 2.50. The lowest BCUT2D eigenvalue weighted by molar-refractivity contribution is -0.193. The van der Waals surface area contributed by atoms with Gasteiger partial charge in [0.05, 0.1) is 24.2 Å². The number of guanidine groups is 2. The molecule has 4 rings (SSSR count). The summed E-state index contributed by atoms with van der Waals surface area (Å²) >= 11 is 3.90. The van der Waals surface area contributed by atoms with Gasteiger partial charge in [-0.1, -0.05) is 25.7 Å². The molecule has 366 valence electrons. The molecule has 4 aliphatic heterocycles. The van der Waals surface area contributed by atoms with Gasteiger partial charge in [-0.05, 0) is 51.4 Å². The SMILES string of the molecule is NC1=N[C@H]2[C@H](CS[C@H]2CCCCC(=O)NCCCCCC(=O)NCCNC(=O)CCCCCNC(=O)CCCC[C@@H]2SC[C@@H]3NC(N)=N[C@@H]32)N1.O=C(O)C(F)(F)F.O=C(O)C(F)(F)F. The summed E-state index contributed by atoms with van der Waals surface area (Å²) in [4.78, 5) is 75.3. The molecule has 0 aromatic rings. The number of aliphatic carboxylic acids is 2. The van der Waals surface area contributed by atoms with Gasteiger partial charge in [-0.2, -0.15) is 49.9 Å². The summed E-state index contributed by atoms with van der Waals surface area (Å²) in [5.41, 5.74) is 11.6. The van der Waals surface area contributed by atoms with Crippen LogP contribution in [0.25, 0.3) is 0 Å². The van der Waals surface area contributed by atoms with Crippen molar-refractivity contribution in [1.29, 1.82) is 0 Å². The van der Waals surface area contributed by atoms with Gasteiger partial charge < -0.3 is 53.6 Å². The van der Waals surface area contributed by atoms with Crippen molar-refractivity contribution < 1.29 is 65.3 Å². The van der Waals surface area contributed by atoms with Crippen molar-refractivity contribution in [3.05, 3.63) is 0 Å². The summed E-state index contributed by atoms with van der Waals surface area (Å²) in [6.07, 6.45) is 2.68. The molecule has 18 nitrogen and oxygen atoms in total. The fourth-order valence-corrected chi connectivity index (χ4v) is 9.93. The van der Waals surface area contributed by atoms with Crippen molar-refractivity contribution in [3.63, 3.8) is 0 Å². The van der Waals surface area contributed by atoms with E-state index in [1.165, 1.54) is 0 Å². The first-order chi connectivity index (χ1) is 30.2. The topological polar surface area (TPSA) is 292 Å². The normalized spacial score (nSPS) is 21.8. The maximum Gasteiger partial charge on any atom is 0.490 e. The molecule has 0 aliphatic carbocycles. The quantitative estimate of drug-likeness (QED) is 0.0465. The van der Waals surface area contributed by atoms with E-state index >= 15 is 0 Å². The second kappa shape index (κ2) is 29.2. The van der Waals surface area contributed by atoms with Crippen LogP contribution in [0, 0.1) is 0 Å². The number of alkyl halides is 6. The van der Waals surface area contributed by atoms with E-state index in [0.29, 0.717) is 86.4 Å². The first-order valence-corrected chi connectivity index (χ1v) is 23.4. The molecule has 4 heterocycles. The van der Waals surface area contributed by atoms with Gasteiger partial charge in [-0.15, -0.1) is 0 Å². The number of rotatable bonds is 25. The highest BCUT2D eigenvalue weighted by Crippen LogP contribution is 2.36. The number of nitrogens with two attached hydrogens (primary N) is 2. The molecule has 6 atom stereocenters. The first kappa shape index (κ1) is 55.8. The van der Waals surface area contributed by atoms with Gasteiger partial charge in [0.25, 0.3) is 0 Å². The second-order valence-electron chi connectivity index (χ2n) is 15.4. The number of unbranched alkanes of at least 4 members (excludes halogenated alkanes) is 6. The van der Waals surface area contributed by atoms with Gasteiger partial charge in [-0.3, -0.25) is 19.2 Å². The Hall–Kier alpha value is -4.36. The fourth-order valence-electron chi connectivity index (χ4n) is 6.90. The second-order valence-corrected chi connectivity index (χ2v) is 17.9. The van der Waals surface area contributed by atoms with Crippen molar-refractivity contribution >= 4 is 71.0 Å². The lowest BCUT2D eigenvalue weighted by Crippen LogP contribution is -2.38. The standard InChI is InChI=1S/C34H60N10O4S2.2C2HF3O2/c35-33-41-23-21-49-25(31(23)43-33)11-5-7-15-27(45)37-17-9-1-3-13-29(47)39-19-20-40-30(48)14-4-2-10-18-38-28(46)16-8-6-12-26-32-24(22-50-26)42-34(36)44-32;2*3-2(4,5)1(6)7/h23-26,31-32H,1-22H2,(H,37,45)(H,38,46)(H,39,47)(H,40,48)(H3,35,41,43)(H3,36,42,44);2*(H,6,7)/t23-,24-,25-,26-,31-,32-;;/m0../s1. The van der Waals surface area contributed by atoms with Gasteiger partial charge in [0, 0.05) is 73.9 Å². The van der Waals surface area contributed by atoms with E-state index in [1.54, 1.807) is 0 Å². The van der Waals surface area contributed by atoms with E-state index in [2.05, 4.69) is 41.9 Å². The van der Waals surface area contributed by atoms with Gasteiger partial charge in [0.15, 0.2) is 11.9 Å². The minimum absolute atomic E-state index is 0.0215. The molecule has 0 saturated carbocycles. The number of carboxylic acid groups (broad SMARTS) is 2. The van der Waals surface area contributed by atoms with Crippen LogP contribution in [0.2, 0.25) is 0 Å². The van der Waals surface area contributed by atoms with Crippen LogP contribution in [0.5, 0.6) is 0 Å². The van der Waals surface area contributed by atoms with E-state index in [0.717, 1.165) is 88.6 Å². The van der Waals surface area contributed by atoms with Gasteiger partial charge >= 0.3 is 24.3 Å². The Bertz CT molecular complexity index is 1470. The number of nitrogens with zero attached hydrogens (tertiary/aromatic N) is 2. The fraction of sp³-hybridized carbons (Fsp3) is 0.789. The molecular formula is C38H62F6N10O8S2. The van der Waals surface area contributed by atoms with Crippen LogP contribution >= 0.6 is 23.5 Å². The summed E-state index contributed by atoms with van der Waals surface area (Å²) in [6, 6.07) is 1.30. The molecule has 4 aliphatic rings. The third-order valence-corrected chi connectivity index (χ3v) is 13.1. The number of thioether (sulfide) groups is 2. The molecule has 64 heavy (non-hydrogen) atoms. The monoisotopic (exact) mass is 964 g/mol. The maximum absolute atomic E-state index is 12.1. The smallest absolute Gasteiger partial charge is 0.475 e. The molecule has 0 aromatic carbocycles. The largest absolute Gasteiger partial charge is 0.490 e. The summed E-state index contributed by atoms with van der Waals surface area (Å²) in [6.45, 7) is 2.09. The van der Waals surface area contributed by atoms with E-state index in [1.807, 2.05) is 23.5 Å². The van der Waals surface area contributed by atoms with E-state index in [-0.39, 0.29) is 35.7 Å². The molecule has 4 amide bonds. The number of fused-ring (bicyclic) bond motifs is 2. The van der Waals surface area contributed by atoms with Gasteiger partial charge in [0.1, 0.15) is 0 Å². The van der Waals surface area contributed by atoms with Crippen LogP contribution in [0.1, 0.15) is 103 Å². The predicted molar refractivity (Wildman–Crippen MR) is 230 cm³/mol. The Balaban J connectivity index is 0.000000866. The summed E-state index contributed by atoms with van der Waals surface area (Å²) in [5.74, 6) is -2.17. The van der Waals surface area contributed by atoms with E-state index < -0.39 is 24.3 Å². The van der Waals surface area contributed by atoms with Crippen LogP contribution < -0.4 is 43.4 Å². The number of hydrogen-bond donors (Lipinski definition) is 10. The molecule has 0 radical (unpaired) electrons.